The number of likely N-dealkylation sites (tertiary alicyclic amines) is 1. The molecule has 1 saturated carbocycles. The van der Waals surface area contributed by atoms with Crippen LogP contribution in [0.3, 0.4) is 0 Å². The first-order valence-electron chi connectivity index (χ1n) is 11.7. The van der Waals surface area contributed by atoms with Crippen molar-refractivity contribution in [2.24, 2.45) is 5.92 Å². The fraction of sp³-hybridized carbons (Fsp3) is 0.440. The van der Waals surface area contributed by atoms with Crippen LogP contribution in [0, 0.1) is 18.7 Å². The summed E-state index contributed by atoms with van der Waals surface area (Å²) in [7, 11) is 0. The minimum atomic E-state index is -0.396. The van der Waals surface area contributed by atoms with Gasteiger partial charge >= 0.3 is 0 Å². The maximum absolute atomic E-state index is 14.2. The normalized spacial score (nSPS) is 20.1. The van der Waals surface area contributed by atoms with Crippen LogP contribution < -0.4 is 10.1 Å². The van der Waals surface area contributed by atoms with Gasteiger partial charge in [0, 0.05) is 36.8 Å². The standard InChI is InChI=1S/C25H28FN5O3/c1-13-8-18(10-31(13)15(3)32)30-25(33)21-14(2)29-24-22(27-12-28-23(21)24)19-9-17(26)6-7-20(19)34-11-16-4-5-16/h6-7,9,12-13,16,18,29H,4-5,8,10-11H2,1-3H3,(H,30,33)/t13-,18+/m1/s1. The van der Waals surface area contributed by atoms with E-state index in [0.717, 1.165) is 12.8 Å². The average Bonchev–Trinajstić information content (AvgIpc) is 3.45. The summed E-state index contributed by atoms with van der Waals surface area (Å²) in [5, 5.41) is 3.05. The summed E-state index contributed by atoms with van der Waals surface area (Å²) in [6, 6.07) is 4.32. The monoisotopic (exact) mass is 465 g/mol. The first-order chi connectivity index (χ1) is 16.3. The second-order valence-corrected chi connectivity index (χ2v) is 9.39. The lowest BCUT2D eigenvalue weighted by Crippen LogP contribution is -2.38. The van der Waals surface area contributed by atoms with Crippen LogP contribution in [0.1, 0.15) is 49.2 Å². The summed E-state index contributed by atoms with van der Waals surface area (Å²) < 4.78 is 20.2. The molecule has 34 heavy (non-hydrogen) atoms. The molecule has 2 atom stereocenters. The first kappa shape index (κ1) is 22.3. The molecular weight excluding hydrogens is 437 g/mol. The molecule has 1 saturated heterocycles. The van der Waals surface area contributed by atoms with Crippen molar-refractivity contribution in [3.63, 3.8) is 0 Å². The number of carbonyl (C=O) groups is 2. The SMILES string of the molecule is CC(=O)N1C[C@@H](NC(=O)c2c(C)[nH]c3c(-c4cc(F)ccc4OCC4CC4)ncnc23)C[C@H]1C. The highest BCUT2D eigenvalue weighted by molar-refractivity contribution is 6.09. The minimum absolute atomic E-state index is 0.000270. The van der Waals surface area contributed by atoms with Crippen molar-refractivity contribution in [1.82, 2.24) is 25.2 Å². The second kappa shape index (κ2) is 8.70. The predicted octanol–water partition coefficient (Wildman–Crippen LogP) is 3.60. The summed E-state index contributed by atoms with van der Waals surface area (Å²) in [4.78, 5) is 38.8. The van der Waals surface area contributed by atoms with Crippen molar-refractivity contribution in [3.8, 4) is 17.0 Å². The number of aromatic nitrogens is 3. The smallest absolute Gasteiger partial charge is 0.255 e. The van der Waals surface area contributed by atoms with E-state index in [1.807, 2.05) is 6.92 Å². The minimum Gasteiger partial charge on any atom is -0.493 e. The Balaban J connectivity index is 1.47. The van der Waals surface area contributed by atoms with Gasteiger partial charge in [-0.2, -0.15) is 0 Å². The summed E-state index contributed by atoms with van der Waals surface area (Å²) in [5.41, 5.74) is 3.08. The van der Waals surface area contributed by atoms with Crippen LogP contribution in [0.15, 0.2) is 24.5 Å². The lowest BCUT2D eigenvalue weighted by molar-refractivity contribution is -0.129. The summed E-state index contributed by atoms with van der Waals surface area (Å²) in [6.45, 7) is 6.38. The molecule has 178 valence electrons. The molecule has 2 amide bonds. The molecule has 5 rings (SSSR count). The third-order valence-electron chi connectivity index (χ3n) is 6.68. The molecule has 2 aromatic heterocycles. The largest absolute Gasteiger partial charge is 0.493 e. The molecule has 9 heteroatoms. The predicted molar refractivity (Wildman–Crippen MR) is 125 cm³/mol. The highest BCUT2D eigenvalue weighted by Crippen LogP contribution is 2.36. The number of fused-ring (bicyclic) bond motifs is 1. The van der Waals surface area contributed by atoms with Gasteiger partial charge in [0.05, 0.1) is 17.7 Å². The van der Waals surface area contributed by atoms with E-state index in [2.05, 4.69) is 20.3 Å². The average molecular weight is 466 g/mol. The Morgan fingerprint density at radius 1 is 1.29 bits per heavy atom. The summed E-state index contributed by atoms with van der Waals surface area (Å²) >= 11 is 0. The van der Waals surface area contributed by atoms with E-state index in [9.17, 15) is 14.0 Å². The van der Waals surface area contributed by atoms with Crippen LogP contribution in [-0.2, 0) is 4.79 Å². The number of amides is 2. The van der Waals surface area contributed by atoms with E-state index in [4.69, 9.17) is 4.74 Å². The van der Waals surface area contributed by atoms with E-state index >= 15 is 0 Å². The molecule has 1 aliphatic carbocycles. The molecule has 0 bridgehead atoms. The van der Waals surface area contributed by atoms with Gasteiger partial charge in [-0.1, -0.05) is 0 Å². The third kappa shape index (κ3) is 4.22. The van der Waals surface area contributed by atoms with Gasteiger partial charge in [0.1, 0.15) is 29.1 Å². The number of H-pyrrole nitrogens is 1. The van der Waals surface area contributed by atoms with Gasteiger partial charge in [0.2, 0.25) is 5.91 Å². The summed E-state index contributed by atoms with van der Waals surface area (Å²) in [6.07, 6.45) is 4.36. The topological polar surface area (TPSA) is 100 Å². The fourth-order valence-electron chi connectivity index (χ4n) is 4.74. The Hall–Kier alpha value is -3.49. The Bertz CT molecular complexity index is 1270. The first-order valence-corrected chi connectivity index (χ1v) is 11.7. The molecule has 2 fully saturated rings. The molecule has 0 unspecified atom stereocenters. The number of halogens is 1. The maximum Gasteiger partial charge on any atom is 0.255 e. The van der Waals surface area contributed by atoms with Crippen molar-refractivity contribution < 1.29 is 18.7 Å². The van der Waals surface area contributed by atoms with Crippen molar-refractivity contribution >= 4 is 22.8 Å². The lowest BCUT2D eigenvalue weighted by Gasteiger charge is -2.18. The zero-order valence-corrected chi connectivity index (χ0v) is 19.5. The molecular formula is C25H28FN5O3. The highest BCUT2D eigenvalue weighted by Gasteiger charge is 2.33. The van der Waals surface area contributed by atoms with Crippen molar-refractivity contribution in [2.45, 2.75) is 52.1 Å². The van der Waals surface area contributed by atoms with E-state index in [-0.39, 0.29) is 23.9 Å². The number of rotatable bonds is 6. The van der Waals surface area contributed by atoms with Gasteiger partial charge in [-0.15, -0.1) is 0 Å². The number of carbonyl (C=O) groups excluding carboxylic acids is 2. The molecule has 2 aliphatic rings. The molecule has 0 radical (unpaired) electrons. The molecule has 3 heterocycles. The Morgan fingerprint density at radius 2 is 2.09 bits per heavy atom. The van der Waals surface area contributed by atoms with Gasteiger partial charge in [-0.25, -0.2) is 14.4 Å². The quantitative estimate of drug-likeness (QED) is 0.579. The number of nitrogens with one attached hydrogen (secondary N) is 2. The fourth-order valence-corrected chi connectivity index (χ4v) is 4.74. The van der Waals surface area contributed by atoms with Crippen molar-refractivity contribution in [1.29, 1.82) is 0 Å². The molecule has 3 aromatic rings. The third-order valence-corrected chi connectivity index (χ3v) is 6.68. The molecule has 1 aromatic carbocycles. The van der Waals surface area contributed by atoms with Gasteiger partial charge in [0.15, 0.2) is 0 Å². The van der Waals surface area contributed by atoms with Crippen LogP contribution in [0.5, 0.6) is 5.75 Å². The van der Waals surface area contributed by atoms with E-state index < -0.39 is 5.82 Å². The Kier molecular flexibility index (Phi) is 5.71. The Morgan fingerprint density at radius 3 is 2.79 bits per heavy atom. The second-order valence-electron chi connectivity index (χ2n) is 9.39. The van der Waals surface area contributed by atoms with Gasteiger partial charge in [-0.05, 0) is 57.2 Å². The van der Waals surface area contributed by atoms with Crippen LogP contribution in [0.25, 0.3) is 22.3 Å². The van der Waals surface area contributed by atoms with Gasteiger partial charge in [-0.3, -0.25) is 9.59 Å². The van der Waals surface area contributed by atoms with Crippen molar-refractivity contribution in [2.75, 3.05) is 13.2 Å². The van der Waals surface area contributed by atoms with E-state index in [1.165, 1.54) is 25.4 Å². The zero-order chi connectivity index (χ0) is 24.0. The van der Waals surface area contributed by atoms with E-state index in [0.29, 0.717) is 64.8 Å². The number of hydrogen-bond acceptors (Lipinski definition) is 5. The Labute approximate surface area is 196 Å². The zero-order valence-electron chi connectivity index (χ0n) is 19.5. The van der Waals surface area contributed by atoms with Crippen molar-refractivity contribution in [3.05, 3.63) is 41.6 Å². The van der Waals surface area contributed by atoms with Crippen LogP contribution in [-0.4, -0.2) is 56.9 Å². The number of nitrogens with zero attached hydrogens (tertiary/aromatic N) is 3. The van der Waals surface area contributed by atoms with Gasteiger partial charge < -0.3 is 19.9 Å². The summed E-state index contributed by atoms with van der Waals surface area (Å²) in [5.74, 6) is 0.437. The van der Waals surface area contributed by atoms with E-state index in [1.54, 1.807) is 17.9 Å². The molecule has 2 N–H and O–H groups in total. The molecule has 8 nitrogen and oxygen atoms in total. The maximum atomic E-state index is 14.2. The number of hydrogen-bond donors (Lipinski definition) is 2. The number of benzene rings is 1. The lowest BCUT2D eigenvalue weighted by atomic mass is 10.1. The molecule has 0 spiro atoms. The number of aromatic amines is 1. The van der Waals surface area contributed by atoms with Crippen LogP contribution in [0.2, 0.25) is 0 Å². The van der Waals surface area contributed by atoms with Gasteiger partial charge in [0.25, 0.3) is 5.91 Å². The van der Waals surface area contributed by atoms with Crippen LogP contribution in [0.4, 0.5) is 4.39 Å². The highest BCUT2D eigenvalue weighted by atomic mass is 19.1. The molecule has 1 aliphatic heterocycles. The number of ether oxygens (including phenoxy) is 1. The number of aryl methyl sites for hydroxylation is 1. The van der Waals surface area contributed by atoms with Crippen LogP contribution >= 0.6 is 0 Å².